The quantitative estimate of drug-likeness (QED) is 0.413. The van der Waals surface area contributed by atoms with Crippen LogP contribution in [0.25, 0.3) is 5.69 Å². The molecule has 0 atom stereocenters. The summed E-state index contributed by atoms with van der Waals surface area (Å²) in [6.45, 7) is 1.77. The van der Waals surface area contributed by atoms with Crippen LogP contribution in [0.3, 0.4) is 0 Å². The molecule has 9 nitrogen and oxygen atoms in total. The van der Waals surface area contributed by atoms with Gasteiger partial charge >= 0.3 is 5.97 Å². The summed E-state index contributed by atoms with van der Waals surface area (Å²) < 4.78 is 6.17. The normalized spacial score (nSPS) is 10.4. The average Bonchev–Trinajstić information content (AvgIpc) is 3.23. The Balaban J connectivity index is 1.92. The zero-order valence-corrected chi connectivity index (χ0v) is 15.1. The van der Waals surface area contributed by atoms with Gasteiger partial charge in [-0.15, -0.1) is 0 Å². The third kappa shape index (κ3) is 3.73. The predicted octanol–water partition coefficient (Wildman–Crippen LogP) is 3.13. The third-order valence-electron chi connectivity index (χ3n) is 4.12. The van der Waals surface area contributed by atoms with Crippen molar-refractivity contribution in [2.45, 2.75) is 6.92 Å². The van der Waals surface area contributed by atoms with E-state index in [-0.39, 0.29) is 16.8 Å². The van der Waals surface area contributed by atoms with Gasteiger partial charge in [-0.25, -0.2) is 9.78 Å². The minimum atomic E-state index is -0.560. The molecule has 3 aromatic rings. The van der Waals surface area contributed by atoms with Crippen LogP contribution in [0.2, 0.25) is 0 Å². The second kappa shape index (κ2) is 7.70. The summed E-state index contributed by atoms with van der Waals surface area (Å²) in [6, 6.07) is 8.91. The van der Waals surface area contributed by atoms with Gasteiger partial charge in [0.15, 0.2) is 0 Å². The standard InChI is InChI=1S/C19H16N4O5/c1-12-3-4-14(19(25)28-2)9-15(12)21-18(24)13-5-6-16(17(10-13)23(26)27)22-8-7-20-11-22/h3-11H,1-2H3,(H,21,24). The number of esters is 1. The number of nitro groups is 1. The summed E-state index contributed by atoms with van der Waals surface area (Å²) >= 11 is 0. The molecule has 0 fully saturated rings. The van der Waals surface area contributed by atoms with Gasteiger partial charge in [-0.2, -0.15) is 0 Å². The molecule has 28 heavy (non-hydrogen) atoms. The largest absolute Gasteiger partial charge is 0.465 e. The minimum absolute atomic E-state index is 0.110. The van der Waals surface area contributed by atoms with Crippen molar-refractivity contribution in [3.05, 3.63) is 81.9 Å². The molecule has 2 aromatic carbocycles. The molecule has 0 bridgehead atoms. The predicted molar refractivity (Wildman–Crippen MR) is 101 cm³/mol. The molecule has 1 heterocycles. The molecule has 1 amide bonds. The number of hydrogen-bond acceptors (Lipinski definition) is 6. The van der Waals surface area contributed by atoms with Crippen LogP contribution in [0.15, 0.2) is 55.1 Å². The fourth-order valence-corrected chi connectivity index (χ4v) is 2.63. The number of carbonyl (C=O) groups excluding carboxylic acids is 2. The number of ether oxygens (including phenoxy) is 1. The molecule has 0 unspecified atom stereocenters. The van der Waals surface area contributed by atoms with Crippen LogP contribution in [0.1, 0.15) is 26.3 Å². The number of rotatable bonds is 5. The Morgan fingerprint density at radius 1 is 1.18 bits per heavy atom. The summed E-state index contributed by atoms with van der Waals surface area (Å²) in [5.41, 5.74) is 1.59. The SMILES string of the molecule is COC(=O)c1ccc(C)c(NC(=O)c2ccc(-n3ccnc3)c([N+](=O)[O-])c2)c1. The molecule has 0 spiro atoms. The molecule has 0 aliphatic carbocycles. The molecule has 142 valence electrons. The highest BCUT2D eigenvalue weighted by atomic mass is 16.6. The molecule has 0 saturated carbocycles. The first-order valence-electron chi connectivity index (χ1n) is 8.18. The topological polar surface area (TPSA) is 116 Å². The Labute approximate surface area is 159 Å². The Kier molecular flexibility index (Phi) is 5.16. The summed E-state index contributed by atoms with van der Waals surface area (Å²) in [5, 5.41) is 14.1. The highest BCUT2D eigenvalue weighted by Gasteiger charge is 2.19. The number of amides is 1. The van der Waals surface area contributed by atoms with Crippen molar-refractivity contribution in [3.8, 4) is 5.69 Å². The number of nitro benzene ring substituents is 1. The van der Waals surface area contributed by atoms with E-state index in [4.69, 9.17) is 0 Å². The number of aryl methyl sites for hydroxylation is 1. The van der Waals surface area contributed by atoms with Crippen molar-refractivity contribution in [1.29, 1.82) is 0 Å². The number of nitrogens with one attached hydrogen (secondary N) is 1. The first-order chi connectivity index (χ1) is 13.4. The number of methoxy groups -OCH3 is 1. The van der Waals surface area contributed by atoms with Crippen LogP contribution in [0.4, 0.5) is 11.4 Å². The summed E-state index contributed by atoms with van der Waals surface area (Å²) in [7, 11) is 1.27. The van der Waals surface area contributed by atoms with E-state index >= 15 is 0 Å². The smallest absolute Gasteiger partial charge is 0.337 e. The molecule has 0 saturated heterocycles. The minimum Gasteiger partial charge on any atom is -0.465 e. The lowest BCUT2D eigenvalue weighted by Crippen LogP contribution is -2.14. The van der Waals surface area contributed by atoms with Crippen molar-refractivity contribution in [3.63, 3.8) is 0 Å². The molecular formula is C19H16N4O5. The molecular weight excluding hydrogens is 364 g/mol. The third-order valence-corrected chi connectivity index (χ3v) is 4.12. The van der Waals surface area contributed by atoms with Crippen LogP contribution in [0.5, 0.6) is 0 Å². The van der Waals surface area contributed by atoms with E-state index in [1.54, 1.807) is 25.3 Å². The second-order valence-corrected chi connectivity index (χ2v) is 5.91. The van der Waals surface area contributed by atoms with E-state index in [0.29, 0.717) is 11.4 Å². The Morgan fingerprint density at radius 3 is 2.57 bits per heavy atom. The van der Waals surface area contributed by atoms with Crippen molar-refractivity contribution in [1.82, 2.24) is 9.55 Å². The maximum Gasteiger partial charge on any atom is 0.337 e. The number of anilines is 1. The number of aromatic nitrogens is 2. The van der Waals surface area contributed by atoms with Gasteiger partial charge in [-0.05, 0) is 36.8 Å². The average molecular weight is 380 g/mol. The Bertz CT molecular complexity index is 1060. The summed E-state index contributed by atoms with van der Waals surface area (Å²) in [4.78, 5) is 39.1. The second-order valence-electron chi connectivity index (χ2n) is 5.91. The zero-order valence-electron chi connectivity index (χ0n) is 15.1. The fraction of sp³-hybridized carbons (Fsp3) is 0.105. The maximum absolute atomic E-state index is 12.6. The van der Waals surface area contributed by atoms with Gasteiger partial charge in [0.25, 0.3) is 11.6 Å². The molecule has 0 aliphatic rings. The number of nitrogens with zero attached hydrogens (tertiary/aromatic N) is 3. The van der Waals surface area contributed by atoms with E-state index in [1.807, 2.05) is 0 Å². The first-order valence-corrected chi connectivity index (χ1v) is 8.18. The van der Waals surface area contributed by atoms with Crippen LogP contribution < -0.4 is 5.32 Å². The van der Waals surface area contributed by atoms with Crippen molar-refractivity contribution in [2.75, 3.05) is 12.4 Å². The number of carbonyl (C=O) groups is 2. The van der Waals surface area contributed by atoms with E-state index in [9.17, 15) is 19.7 Å². The number of imidazole rings is 1. The highest BCUT2D eigenvalue weighted by Crippen LogP contribution is 2.25. The van der Waals surface area contributed by atoms with Gasteiger partial charge in [0, 0.05) is 29.7 Å². The molecule has 3 rings (SSSR count). The van der Waals surface area contributed by atoms with Crippen LogP contribution in [0, 0.1) is 17.0 Å². The number of benzene rings is 2. The van der Waals surface area contributed by atoms with E-state index in [1.165, 1.54) is 48.5 Å². The lowest BCUT2D eigenvalue weighted by atomic mass is 10.1. The van der Waals surface area contributed by atoms with Crippen molar-refractivity contribution in [2.24, 2.45) is 0 Å². The van der Waals surface area contributed by atoms with Crippen molar-refractivity contribution >= 4 is 23.3 Å². The van der Waals surface area contributed by atoms with Gasteiger partial charge in [0.1, 0.15) is 5.69 Å². The van der Waals surface area contributed by atoms with Gasteiger partial charge in [-0.1, -0.05) is 6.07 Å². The van der Waals surface area contributed by atoms with E-state index < -0.39 is 16.8 Å². The zero-order chi connectivity index (χ0) is 20.3. The van der Waals surface area contributed by atoms with Gasteiger partial charge in [0.05, 0.1) is 23.9 Å². The fourth-order valence-electron chi connectivity index (χ4n) is 2.63. The monoisotopic (exact) mass is 380 g/mol. The van der Waals surface area contributed by atoms with Crippen LogP contribution in [-0.4, -0.2) is 33.5 Å². The van der Waals surface area contributed by atoms with Crippen molar-refractivity contribution < 1.29 is 19.2 Å². The van der Waals surface area contributed by atoms with E-state index in [0.717, 1.165) is 5.56 Å². The molecule has 9 heteroatoms. The number of hydrogen-bond donors (Lipinski definition) is 1. The van der Waals surface area contributed by atoms with Crippen LogP contribution >= 0.6 is 0 Å². The maximum atomic E-state index is 12.6. The first kappa shape index (κ1) is 18.8. The lowest BCUT2D eigenvalue weighted by molar-refractivity contribution is -0.384. The van der Waals surface area contributed by atoms with E-state index in [2.05, 4.69) is 15.0 Å². The van der Waals surface area contributed by atoms with Crippen LogP contribution in [-0.2, 0) is 4.74 Å². The lowest BCUT2D eigenvalue weighted by Gasteiger charge is -2.11. The summed E-state index contributed by atoms with van der Waals surface area (Å²) in [5.74, 6) is -1.07. The molecule has 1 N–H and O–H groups in total. The highest BCUT2D eigenvalue weighted by molar-refractivity contribution is 6.06. The molecule has 1 aromatic heterocycles. The summed E-state index contributed by atoms with van der Waals surface area (Å²) in [6.07, 6.45) is 4.51. The van der Waals surface area contributed by atoms with Gasteiger partial charge in [-0.3, -0.25) is 14.9 Å². The Morgan fingerprint density at radius 2 is 1.93 bits per heavy atom. The Hall–Kier alpha value is -4.01. The molecule has 0 aliphatic heterocycles. The van der Waals surface area contributed by atoms with Gasteiger partial charge in [0.2, 0.25) is 0 Å². The molecule has 0 radical (unpaired) electrons. The van der Waals surface area contributed by atoms with Gasteiger partial charge < -0.3 is 14.6 Å².